The molecule has 322 valence electrons. The van der Waals surface area contributed by atoms with Crippen molar-refractivity contribution in [2.24, 2.45) is 27.0 Å². The minimum absolute atomic E-state index is 0.0829. The smallest absolute Gasteiger partial charge is 0.299 e. The Bertz CT molecular complexity index is 2240. The number of rotatable bonds is 11. The highest BCUT2D eigenvalue weighted by Gasteiger charge is 2.58. The number of nitrogens with zero attached hydrogens (tertiary/aromatic N) is 5. The summed E-state index contributed by atoms with van der Waals surface area (Å²) < 4.78 is 10.0. The summed E-state index contributed by atoms with van der Waals surface area (Å²) >= 11 is 1.48. The van der Waals surface area contributed by atoms with Gasteiger partial charge in [0.1, 0.15) is 29.7 Å². The third-order valence-electron chi connectivity index (χ3n) is 14.3. The first-order chi connectivity index (χ1) is 28.6. The highest BCUT2D eigenvalue weighted by atomic mass is 32.1. The number of hydrogen-bond acceptors (Lipinski definition) is 9. The van der Waals surface area contributed by atoms with Crippen LogP contribution in [0.4, 0.5) is 5.13 Å². The van der Waals surface area contributed by atoms with Crippen molar-refractivity contribution in [2.45, 2.75) is 124 Å². The summed E-state index contributed by atoms with van der Waals surface area (Å²) in [6.45, 7) is 19.7. The first kappa shape index (κ1) is 42.2. The molecular formula is C47H66N9O3S+. The Balaban J connectivity index is 0.987. The average Bonchev–Trinajstić information content (AvgIpc) is 3.78. The van der Waals surface area contributed by atoms with Crippen LogP contribution in [0, 0.1) is 28.6 Å². The van der Waals surface area contributed by atoms with Crippen LogP contribution in [0.25, 0.3) is 15.8 Å². The summed E-state index contributed by atoms with van der Waals surface area (Å²) in [6, 6.07) is 7.90. The van der Waals surface area contributed by atoms with E-state index < -0.39 is 5.95 Å². The molecule has 3 aromatic rings. The fourth-order valence-corrected chi connectivity index (χ4v) is 13.2. The number of thiazole rings is 1. The molecule has 0 spiro atoms. The number of aliphatic imine (C=N–C) groups is 1. The van der Waals surface area contributed by atoms with Crippen molar-refractivity contribution >= 4 is 43.9 Å². The number of nitrogens with two attached hydrogens (primary N) is 1. The minimum Gasteiger partial charge on any atom is -0.480 e. The molecule has 2 bridgehead atoms. The lowest BCUT2D eigenvalue weighted by Gasteiger charge is -2.61. The second-order valence-corrected chi connectivity index (χ2v) is 20.7. The molecule has 4 fully saturated rings. The maximum absolute atomic E-state index is 10.7. The Kier molecular flexibility index (Phi) is 11.6. The molecular weight excluding hydrogens is 771 g/mol. The van der Waals surface area contributed by atoms with Crippen LogP contribution in [0.2, 0.25) is 0 Å². The van der Waals surface area contributed by atoms with E-state index in [4.69, 9.17) is 15.6 Å². The highest BCUT2D eigenvalue weighted by Crippen LogP contribution is 2.65. The van der Waals surface area contributed by atoms with Crippen molar-refractivity contribution in [1.29, 1.82) is 5.41 Å². The fraction of sp³-hybridized carbons (Fsp3) is 0.574. The number of quaternary nitrogens is 1. The minimum atomic E-state index is -0.810. The number of hydrogen-bond donors (Lipinski definition) is 6. The molecule has 60 heavy (non-hydrogen) atoms. The topological polar surface area (TPSA) is 162 Å². The maximum atomic E-state index is 10.7. The summed E-state index contributed by atoms with van der Waals surface area (Å²) in [7, 11) is 0. The zero-order valence-corrected chi connectivity index (χ0v) is 37.4. The number of nitrogens with one attached hydrogen (secondary N) is 3. The predicted molar refractivity (Wildman–Crippen MR) is 242 cm³/mol. The Morgan fingerprint density at radius 1 is 1.03 bits per heavy atom. The number of fused-ring (bicyclic) bond motifs is 3. The molecule has 12 nitrogen and oxygen atoms in total. The highest BCUT2D eigenvalue weighted by molar-refractivity contribution is 7.22. The number of amidine groups is 2. The number of dihydropyridines is 1. The molecule has 13 heteroatoms. The quantitative estimate of drug-likeness (QED) is 0.0640. The van der Waals surface area contributed by atoms with Gasteiger partial charge in [0.2, 0.25) is 5.13 Å². The number of ether oxygens (including phenoxy) is 1. The lowest BCUT2D eigenvalue weighted by atomic mass is 9.46. The third-order valence-corrected chi connectivity index (χ3v) is 15.2. The van der Waals surface area contributed by atoms with E-state index in [-0.39, 0.29) is 27.5 Å². The van der Waals surface area contributed by atoms with Crippen molar-refractivity contribution < 1.29 is 19.8 Å². The van der Waals surface area contributed by atoms with Gasteiger partial charge in [0.05, 0.1) is 41.7 Å². The van der Waals surface area contributed by atoms with E-state index in [1.807, 2.05) is 54.4 Å². The first-order valence-corrected chi connectivity index (χ1v) is 23.0. The first-order valence-electron chi connectivity index (χ1n) is 22.2. The maximum Gasteiger partial charge on any atom is 0.299 e. The summed E-state index contributed by atoms with van der Waals surface area (Å²) in [5.41, 5.74) is 11.9. The van der Waals surface area contributed by atoms with E-state index in [1.54, 1.807) is 4.90 Å². The van der Waals surface area contributed by atoms with Crippen molar-refractivity contribution in [3.05, 3.63) is 82.5 Å². The SMILES string of the molecule is CCC1(Cn2ncc(C3=CC=C(N4CCC/C(=C(C)/C(N)=N\c5nc6ccccc6s5)C4=N)NC3=C(O)O)c2C)C[C@@]2(C)CC(C)(OCC[NH+]3CCCCC3)C[C@@](C)(C1)C2. The molecule has 7 N–H and O–H groups in total. The second-order valence-electron chi connectivity index (χ2n) is 19.6. The van der Waals surface area contributed by atoms with E-state index in [2.05, 4.69) is 54.6 Å². The molecule has 2 saturated heterocycles. The molecule has 2 aromatic heterocycles. The van der Waals surface area contributed by atoms with Crippen LogP contribution < -0.4 is 16.0 Å². The number of benzene rings is 1. The Morgan fingerprint density at radius 3 is 2.47 bits per heavy atom. The van der Waals surface area contributed by atoms with Crippen LogP contribution >= 0.6 is 11.3 Å². The molecule has 4 atom stereocenters. The van der Waals surface area contributed by atoms with Crippen molar-refractivity contribution in [1.82, 2.24) is 25.0 Å². The Morgan fingerprint density at radius 2 is 1.77 bits per heavy atom. The van der Waals surface area contributed by atoms with Gasteiger partial charge in [-0.25, -0.2) is 9.98 Å². The van der Waals surface area contributed by atoms with Crippen LogP contribution in [0.3, 0.4) is 0 Å². The predicted octanol–water partition coefficient (Wildman–Crippen LogP) is 8.22. The number of aromatic nitrogens is 3. The van der Waals surface area contributed by atoms with Crippen LogP contribution in [-0.4, -0.2) is 79.9 Å². The lowest BCUT2D eigenvalue weighted by Crippen LogP contribution is -3.13. The molecule has 3 aliphatic heterocycles. The normalized spacial score (nSPS) is 30.0. The standard InChI is InChI=1S/C47H65N9O3S/c1-7-47(28-44(4)25-45(5,29-47)27-46(6,26-44)59-23-22-54-19-11-8-12-20-54)30-56-32(3)35(24-50-56)34-17-18-38(52-39(34)42(57)58)55-21-13-14-33(41(55)49)31(2)40(48)53-43-51-36-15-9-10-16-37(36)60-43/h9-10,15-18,24,49,52,57-58H,7-8,11-14,19-23,25-30H2,1-6H3,(H2,48,51,53)/p+1/b33-31-,49-41?/t44-,45+,46?,47?. The van der Waals surface area contributed by atoms with E-state index >= 15 is 0 Å². The summed E-state index contributed by atoms with van der Waals surface area (Å²) in [5, 5.41) is 39.5. The molecule has 2 saturated carbocycles. The molecule has 2 unspecified atom stereocenters. The number of aliphatic hydroxyl groups excluding tert-OH is 1. The summed E-state index contributed by atoms with van der Waals surface area (Å²) in [6.07, 6.45) is 18.0. The number of likely N-dealkylation sites (tertiary alicyclic amines) is 2. The zero-order chi connectivity index (χ0) is 42.5. The van der Waals surface area contributed by atoms with Gasteiger partial charge in [0.15, 0.2) is 0 Å². The molecule has 1 aromatic carbocycles. The molecule has 2 aliphatic carbocycles. The van der Waals surface area contributed by atoms with Crippen molar-refractivity contribution in [3.63, 3.8) is 0 Å². The number of aliphatic hydroxyl groups is 2. The van der Waals surface area contributed by atoms with Crippen LogP contribution in [-0.2, 0) is 11.3 Å². The van der Waals surface area contributed by atoms with Crippen LogP contribution in [0.15, 0.2) is 76.2 Å². The Hall–Kier alpha value is -4.46. The average molecular weight is 837 g/mol. The van der Waals surface area contributed by atoms with E-state index in [9.17, 15) is 15.6 Å². The number of piperidine rings is 2. The van der Waals surface area contributed by atoms with E-state index in [0.717, 1.165) is 90.8 Å². The number of allylic oxidation sites excluding steroid dienone is 3. The fourth-order valence-electron chi connectivity index (χ4n) is 12.4. The van der Waals surface area contributed by atoms with Gasteiger partial charge in [-0.05, 0) is 138 Å². The Labute approximate surface area is 359 Å². The van der Waals surface area contributed by atoms with Crippen molar-refractivity contribution in [2.75, 3.05) is 32.8 Å². The van der Waals surface area contributed by atoms with Gasteiger partial charge >= 0.3 is 0 Å². The van der Waals surface area contributed by atoms with Gasteiger partial charge in [-0.2, -0.15) is 5.10 Å². The van der Waals surface area contributed by atoms with Gasteiger partial charge in [-0.15, -0.1) is 0 Å². The van der Waals surface area contributed by atoms with Gasteiger partial charge in [-0.3, -0.25) is 10.1 Å². The van der Waals surface area contributed by atoms with Gasteiger partial charge in [0, 0.05) is 35.5 Å². The largest absolute Gasteiger partial charge is 0.480 e. The van der Waals surface area contributed by atoms with Crippen LogP contribution in [0.5, 0.6) is 0 Å². The van der Waals surface area contributed by atoms with Gasteiger partial charge < -0.3 is 35.8 Å². The third kappa shape index (κ3) is 8.54. The van der Waals surface area contributed by atoms with Gasteiger partial charge in [0.25, 0.3) is 5.95 Å². The molecule has 8 rings (SSSR count). The monoisotopic (exact) mass is 837 g/mol. The van der Waals surface area contributed by atoms with E-state index in [0.29, 0.717) is 41.2 Å². The van der Waals surface area contributed by atoms with Crippen LogP contribution in [0.1, 0.15) is 117 Å². The summed E-state index contributed by atoms with van der Waals surface area (Å²) in [4.78, 5) is 12.8. The molecule has 5 heterocycles. The summed E-state index contributed by atoms with van der Waals surface area (Å²) in [5.74, 6) is 0.406. The van der Waals surface area contributed by atoms with Crippen molar-refractivity contribution in [3.8, 4) is 0 Å². The zero-order valence-electron chi connectivity index (χ0n) is 36.6. The van der Waals surface area contributed by atoms with E-state index in [1.165, 1.54) is 50.1 Å². The van der Waals surface area contributed by atoms with Gasteiger partial charge in [-0.1, -0.05) is 44.2 Å². The lowest BCUT2D eigenvalue weighted by molar-refractivity contribution is -0.905. The molecule has 0 amide bonds. The molecule has 5 aliphatic rings. The number of para-hydroxylation sites is 1. The second kappa shape index (κ2) is 16.4. The molecule has 0 radical (unpaired) electrons.